The molecule has 1 fully saturated rings. The van der Waals surface area contributed by atoms with E-state index in [4.69, 9.17) is 11.6 Å². The van der Waals surface area contributed by atoms with Crippen LogP contribution in [0.1, 0.15) is 30.1 Å². The number of carboxylic acids is 1. The third kappa shape index (κ3) is 2.92. The minimum Gasteiger partial charge on any atom is -0.480 e. The zero-order chi connectivity index (χ0) is 14.2. The summed E-state index contributed by atoms with van der Waals surface area (Å²) in [6.45, 7) is 1.54. The first-order valence-corrected chi connectivity index (χ1v) is 7.02. The Labute approximate surface area is 124 Å². The van der Waals surface area contributed by atoms with Crippen molar-refractivity contribution in [3.63, 3.8) is 0 Å². The van der Waals surface area contributed by atoms with E-state index in [1.807, 2.05) is 0 Å². The fourth-order valence-corrected chi connectivity index (χ4v) is 2.56. The molecular formula is C13H13BrClNO3. The summed E-state index contributed by atoms with van der Waals surface area (Å²) in [5.74, 6) is -1.46. The highest BCUT2D eigenvalue weighted by Crippen LogP contribution is 2.40. The van der Waals surface area contributed by atoms with Crippen LogP contribution in [-0.4, -0.2) is 22.5 Å². The first-order chi connectivity index (χ1) is 8.84. The highest BCUT2D eigenvalue weighted by molar-refractivity contribution is 9.10. The highest BCUT2D eigenvalue weighted by atomic mass is 79.9. The van der Waals surface area contributed by atoms with Crippen molar-refractivity contribution in [2.75, 3.05) is 0 Å². The minimum absolute atomic E-state index is 0.00749. The molecule has 6 heteroatoms. The number of halogens is 2. The quantitative estimate of drug-likeness (QED) is 0.880. The van der Waals surface area contributed by atoms with E-state index in [0.29, 0.717) is 15.1 Å². The Hall–Kier alpha value is -1.07. The second-order valence-electron chi connectivity index (χ2n) is 4.86. The predicted octanol–water partition coefficient (Wildman–Crippen LogP) is 3.09. The van der Waals surface area contributed by atoms with Gasteiger partial charge in [0.05, 0.1) is 5.56 Å². The van der Waals surface area contributed by atoms with Gasteiger partial charge in [-0.05, 0) is 59.8 Å². The zero-order valence-electron chi connectivity index (χ0n) is 10.2. The molecule has 2 N–H and O–H groups in total. The third-order valence-corrected chi connectivity index (χ3v) is 4.31. The lowest BCUT2D eigenvalue weighted by Crippen LogP contribution is -2.54. The lowest BCUT2D eigenvalue weighted by atomic mass is 9.95. The van der Waals surface area contributed by atoms with Gasteiger partial charge in [-0.1, -0.05) is 11.6 Å². The summed E-state index contributed by atoms with van der Waals surface area (Å²) in [5.41, 5.74) is -0.889. The number of carbonyl (C=O) groups is 2. The van der Waals surface area contributed by atoms with E-state index in [0.717, 1.165) is 12.8 Å². The SMILES string of the molecule is CC(NC(=O)c1cc(Cl)ccc1Br)(C(=O)O)C1CC1. The molecule has 0 bridgehead atoms. The number of hydrogen-bond donors (Lipinski definition) is 2. The molecule has 2 rings (SSSR count). The van der Waals surface area contributed by atoms with Gasteiger partial charge in [0.15, 0.2) is 0 Å². The maximum absolute atomic E-state index is 12.2. The number of rotatable bonds is 4. The standard InChI is InChI=1S/C13H13BrClNO3/c1-13(12(18)19,7-2-3-7)16-11(17)9-6-8(15)4-5-10(9)14/h4-7H,2-3H2,1H3,(H,16,17)(H,18,19). The van der Waals surface area contributed by atoms with Gasteiger partial charge in [0.25, 0.3) is 5.91 Å². The number of nitrogens with one attached hydrogen (secondary N) is 1. The van der Waals surface area contributed by atoms with E-state index < -0.39 is 17.4 Å². The lowest BCUT2D eigenvalue weighted by molar-refractivity contribution is -0.144. The monoisotopic (exact) mass is 345 g/mol. The van der Waals surface area contributed by atoms with Gasteiger partial charge in [0.2, 0.25) is 0 Å². The van der Waals surface area contributed by atoms with E-state index in [-0.39, 0.29) is 5.92 Å². The largest absolute Gasteiger partial charge is 0.480 e. The molecule has 102 valence electrons. The van der Waals surface area contributed by atoms with Crippen molar-refractivity contribution >= 4 is 39.4 Å². The molecular weight excluding hydrogens is 334 g/mol. The number of carboxylic acid groups (broad SMARTS) is 1. The van der Waals surface area contributed by atoms with Crippen molar-refractivity contribution in [2.24, 2.45) is 5.92 Å². The van der Waals surface area contributed by atoms with Crippen LogP contribution in [0.2, 0.25) is 5.02 Å². The summed E-state index contributed by atoms with van der Waals surface area (Å²) in [4.78, 5) is 23.6. The molecule has 0 heterocycles. The van der Waals surface area contributed by atoms with Crippen LogP contribution in [0.3, 0.4) is 0 Å². The Morgan fingerprint density at radius 3 is 2.63 bits per heavy atom. The Morgan fingerprint density at radius 2 is 2.11 bits per heavy atom. The molecule has 0 saturated heterocycles. The van der Waals surface area contributed by atoms with E-state index in [1.165, 1.54) is 6.07 Å². The van der Waals surface area contributed by atoms with Crippen molar-refractivity contribution in [1.82, 2.24) is 5.32 Å². The molecule has 1 amide bonds. The number of carbonyl (C=O) groups excluding carboxylic acids is 1. The molecule has 1 aliphatic carbocycles. The summed E-state index contributed by atoms with van der Waals surface area (Å²) in [7, 11) is 0. The molecule has 1 aromatic carbocycles. The van der Waals surface area contributed by atoms with Crippen LogP contribution in [0.25, 0.3) is 0 Å². The topological polar surface area (TPSA) is 66.4 Å². The molecule has 0 aliphatic heterocycles. The van der Waals surface area contributed by atoms with Crippen LogP contribution >= 0.6 is 27.5 Å². The summed E-state index contributed by atoms with van der Waals surface area (Å²) in [6, 6.07) is 4.82. The molecule has 1 saturated carbocycles. The lowest BCUT2D eigenvalue weighted by Gasteiger charge is -2.26. The highest BCUT2D eigenvalue weighted by Gasteiger charge is 2.48. The molecule has 1 unspecified atom stereocenters. The van der Waals surface area contributed by atoms with Crippen LogP contribution in [0.4, 0.5) is 0 Å². The van der Waals surface area contributed by atoms with Crippen LogP contribution in [0.15, 0.2) is 22.7 Å². The fraction of sp³-hybridized carbons (Fsp3) is 0.385. The van der Waals surface area contributed by atoms with Gasteiger partial charge in [-0.2, -0.15) is 0 Å². The first kappa shape index (κ1) is 14.3. The van der Waals surface area contributed by atoms with Gasteiger partial charge in [0.1, 0.15) is 5.54 Å². The van der Waals surface area contributed by atoms with Crippen molar-refractivity contribution in [2.45, 2.75) is 25.3 Å². The van der Waals surface area contributed by atoms with E-state index >= 15 is 0 Å². The Kier molecular flexibility index (Phi) is 3.87. The smallest absolute Gasteiger partial charge is 0.329 e. The van der Waals surface area contributed by atoms with Gasteiger partial charge < -0.3 is 10.4 Å². The number of aliphatic carboxylic acids is 1. The van der Waals surface area contributed by atoms with Crippen LogP contribution < -0.4 is 5.32 Å². The van der Waals surface area contributed by atoms with E-state index in [9.17, 15) is 14.7 Å². The van der Waals surface area contributed by atoms with Gasteiger partial charge in [0, 0.05) is 9.50 Å². The third-order valence-electron chi connectivity index (χ3n) is 3.38. The average Bonchev–Trinajstić information content (AvgIpc) is 3.16. The average molecular weight is 347 g/mol. The maximum Gasteiger partial charge on any atom is 0.329 e. The van der Waals surface area contributed by atoms with Gasteiger partial charge in [-0.3, -0.25) is 4.79 Å². The molecule has 0 aromatic heterocycles. The number of hydrogen-bond acceptors (Lipinski definition) is 2. The van der Waals surface area contributed by atoms with Crippen LogP contribution in [0, 0.1) is 5.92 Å². The molecule has 1 atom stereocenters. The van der Waals surface area contributed by atoms with Crippen molar-refractivity contribution in [3.8, 4) is 0 Å². The van der Waals surface area contributed by atoms with Gasteiger partial charge >= 0.3 is 5.97 Å². The van der Waals surface area contributed by atoms with Crippen molar-refractivity contribution in [3.05, 3.63) is 33.3 Å². The second-order valence-corrected chi connectivity index (χ2v) is 6.15. The second kappa shape index (κ2) is 5.13. The Bertz CT molecular complexity index is 545. The van der Waals surface area contributed by atoms with Crippen LogP contribution in [0.5, 0.6) is 0 Å². The Balaban J connectivity index is 2.25. The summed E-state index contributed by atoms with van der Waals surface area (Å²) < 4.78 is 0.581. The molecule has 1 aromatic rings. The van der Waals surface area contributed by atoms with Gasteiger partial charge in [-0.15, -0.1) is 0 Å². The summed E-state index contributed by atoms with van der Waals surface area (Å²) >= 11 is 9.11. The predicted molar refractivity (Wildman–Crippen MR) is 75.4 cm³/mol. The normalized spacial score (nSPS) is 17.6. The minimum atomic E-state index is -1.22. The number of amides is 1. The maximum atomic E-state index is 12.2. The summed E-state index contributed by atoms with van der Waals surface area (Å²) in [5, 5.41) is 12.3. The van der Waals surface area contributed by atoms with E-state index in [2.05, 4.69) is 21.2 Å². The van der Waals surface area contributed by atoms with E-state index in [1.54, 1.807) is 19.1 Å². The van der Waals surface area contributed by atoms with Crippen LogP contribution in [-0.2, 0) is 4.79 Å². The molecule has 0 spiro atoms. The fourth-order valence-electron chi connectivity index (χ4n) is 1.97. The summed E-state index contributed by atoms with van der Waals surface area (Å²) in [6.07, 6.45) is 1.64. The van der Waals surface area contributed by atoms with Crippen molar-refractivity contribution < 1.29 is 14.7 Å². The molecule has 0 radical (unpaired) electrons. The molecule has 4 nitrogen and oxygen atoms in total. The first-order valence-electron chi connectivity index (χ1n) is 5.85. The zero-order valence-corrected chi connectivity index (χ0v) is 12.6. The number of benzene rings is 1. The van der Waals surface area contributed by atoms with Crippen molar-refractivity contribution in [1.29, 1.82) is 0 Å². The molecule has 19 heavy (non-hydrogen) atoms. The molecule has 1 aliphatic rings. The van der Waals surface area contributed by atoms with Gasteiger partial charge in [-0.25, -0.2) is 4.79 Å². The Morgan fingerprint density at radius 1 is 1.47 bits per heavy atom.